The van der Waals surface area contributed by atoms with Gasteiger partial charge in [0, 0.05) is 26.2 Å². The van der Waals surface area contributed by atoms with Gasteiger partial charge in [-0.1, -0.05) is 6.07 Å². The van der Waals surface area contributed by atoms with Gasteiger partial charge >= 0.3 is 6.09 Å². The van der Waals surface area contributed by atoms with Crippen molar-refractivity contribution in [3.63, 3.8) is 0 Å². The van der Waals surface area contributed by atoms with Crippen LogP contribution in [0.3, 0.4) is 0 Å². The molecule has 1 heterocycles. The lowest BCUT2D eigenvalue weighted by Crippen LogP contribution is -2.53. The van der Waals surface area contributed by atoms with Crippen molar-refractivity contribution < 1.29 is 19.0 Å². The minimum atomic E-state index is -0.683. The maximum Gasteiger partial charge on any atom is 0.410 e. The Balaban J connectivity index is 0.00000338. The highest BCUT2D eigenvalue weighted by Gasteiger charge is 2.26. The van der Waals surface area contributed by atoms with Crippen LogP contribution in [0.4, 0.5) is 9.18 Å². The summed E-state index contributed by atoms with van der Waals surface area (Å²) in [6, 6.07) is 4.11. The van der Waals surface area contributed by atoms with E-state index in [1.54, 1.807) is 11.0 Å². The third kappa shape index (κ3) is 6.50. The number of hydrogen-bond donors (Lipinski definition) is 2. The molecule has 0 aromatic heterocycles. The van der Waals surface area contributed by atoms with Crippen LogP contribution < -0.4 is 5.73 Å². The summed E-state index contributed by atoms with van der Waals surface area (Å²) in [4.78, 5) is 19.8. The molecular weight excluding hydrogens is 454 g/mol. The number of carbonyl (C=O) groups excluding carboxylic acids is 1. The van der Waals surface area contributed by atoms with Gasteiger partial charge in [-0.05, 0) is 38.5 Å². The van der Waals surface area contributed by atoms with Crippen LogP contribution in [0.25, 0.3) is 0 Å². The number of guanidine groups is 1. The molecule has 1 aromatic carbocycles. The topological polar surface area (TPSA) is 91.4 Å². The first-order chi connectivity index (χ1) is 11.7. The molecule has 0 radical (unpaired) electrons. The van der Waals surface area contributed by atoms with Gasteiger partial charge in [0.1, 0.15) is 5.60 Å². The largest absolute Gasteiger partial charge is 0.505 e. The monoisotopic (exact) mass is 480 g/mol. The maximum absolute atomic E-state index is 13.3. The first-order valence-electron chi connectivity index (χ1n) is 8.16. The Morgan fingerprint density at radius 2 is 1.85 bits per heavy atom. The molecule has 9 heteroatoms. The van der Waals surface area contributed by atoms with Gasteiger partial charge in [0.05, 0.1) is 6.54 Å². The Kier molecular flexibility index (Phi) is 7.91. The normalized spacial score (nSPS) is 15.5. The Morgan fingerprint density at radius 3 is 2.38 bits per heavy atom. The molecule has 7 nitrogen and oxygen atoms in total. The molecule has 1 saturated heterocycles. The number of carbonyl (C=O) groups is 1. The fraction of sp³-hybridized carbons (Fsp3) is 0.529. The van der Waals surface area contributed by atoms with Crippen molar-refractivity contribution in [3.05, 3.63) is 29.6 Å². The molecule has 1 aliphatic rings. The van der Waals surface area contributed by atoms with Crippen molar-refractivity contribution in [3.8, 4) is 5.75 Å². The highest BCUT2D eigenvalue weighted by molar-refractivity contribution is 14.0. The molecule has 3 N–H and O–H groups in total. The van der Waals surface area contributed by atoms with Gasteiger partial charge in [0.2, 0.25) is 0 Å². The highest BCUT2D eigenvalue weighted by Crippen LogP contribution is 2.17. The summed E-state index contributed by atoms with van der Waals surface area (Å²) in [5, 5.41) is 9.18. The predicted molar refractivity (Wildman–Crippen MR) is 108 cm³/mol. The molecule has 0 spiro atoms. The number of piperazine rings is 1. The molecule has 0 saturated carbocycles. The summed E-state index contributed by atoms with van der Waals surface area (Å²) in [5.41, 5.74) is 6.08. The van der Waals surface area contributed by atoms with Crippen LogP contribution in [-0.4, -0.2) is 58.7 Å². The van der Waals surface area contributed by atoms with Crippen molar-refractivity contribution >= 4 is 36.0 Å². The quantitative estimate of drug-likeness (QED) is 0.386. The second kappa shape index (κ2) is 9.24. The number of phenolic OH excluding ortho intramolecular Hbond substituents is 1. The van der Waals surface area contributed by atoms with E-state index < -0.39 is 11.4 Å². The van der Waals surface area contributed by atoms with Crippen LogP contribution in [0.15, 0.2) is 23.2 Å². The summed E-state index contributed by atoms with van der Waals surface area (Å²) in [6.07, 6.45) is -0.331. The molecule has 1 aromatic rings. The Morgan fingerprint density at radius 1 is 1.27 bits per heavy atom. The van der Waals surface area contributed by atoms with Crippen LogP contribution in [-0.2, 0) is 11.3 Å². The van der Waals surface area contributed by atoms with E-state index in [1.165, 1.54) is 12.1 Å². The third-order valence-corrected chi connectivity index (χ3v) is 3.69. The molecular formula is C17H26FIN4O3. The van der Waals surface area contributed by atoms with Gasteiger partial charge in [0.15, 0.2) is 17.5 Å². The second-order valence-corrected chi connectivity index (χ2v) is 6.91. The maximum atomic E-state index is 13.3. The number of nitrogens with zero attached hydrogens (tertiary/aromatic N) is 3. The number of halogens is 2. The van der Waals surface area contributed by atoms with E-state index in [2.05, 4.69) is 4.99 Å². The summed E-state index contributed by atoms with van der Waals surface area (Å²) < 4.78 is 18.7. The molecule has 0 bridgehead atoms. The van der Waals surface area contributed by atoms with Crippen LogP contribution in [0.2, 0.25) is 0 Å². The lowest BCUT2D eigenvalue weighted by atomic mass is 10.2. The van der Waals surface area contributed by atoms with Crippen LogP contribution >= 0.6 is 24.0 Å². The summed E-state index contributed by atoms with van der Waals surface area (Å²) in [5.74, 6) is -0.728. The predicted octanol–water partition coefficient (Wildman–Crippen LogP) is 2.52. The Hall–Kier alpha value is -1.78. The van der Waals surface area contributed by atoms with Gasteiger partial charge in [-0.2, -0.15) is 0 Å². The van der Waals surface area contributed by atoms with E-state index in [0.29, 0.717) is 37.7 Å². The van der Waals surface area contributed by atoms with Gasteiger partial charge < -0.3 is 25.4 Å². The molecule has 0 aliphatic carbocycles. The zero-order chi connectivity index (χ0) is 18.6. The average molecular weight is 480 g/mol. The summed E-state index contributed by atoms with van der Waals surface area (Å²) in [7, 11) is 0. The molecule has 2 rings (SSSR count). The zero-order valence-corrected chi connectivity index (χ0v) is 17.6. The number of nitrogens with two attached hydrogens (primary N) is 1. The van der Waals surface area contributed by atoms with Crippen molar-refractivity contribution in [2.24, 2.45) is 10.7 Å². The number of benzene rings is 1. The van der Waals surface area contributed by atoms with Crippen molar-refractivity contribution in [2.45, 2.75) is 32.9 Å². The van der Waals surface area contributed by atoms with E-state index in [-0.39, 0.29) is 42.4 Å². The first kappa shape index (κ1) is 22.3. The summed E-state index contributed by atoms with van der Waals surface area (Å²) >= 11 is 0. The molecule has 1 amide bonds. The minimum absolute atomic E-state index is 0. The number of aliphatic imine (C=N–C) groups is 1. The van der Waals surface area contributed by atoms with Gasteiger partial charge in [-0.25, -0.2) is 14.2 Å². The van der Waals surface area contributed by atoms with E-state index in [0.717, 1.165) is 0 Å². The van der Waals surface area contributed by atoms with Crippen LogP contribution in [0.1, 0.15) is 26.3 Å². The van der Waals surface area contributed by atoms with Crippen molar-refractivity contribution in [1.29, 1.82) is 0 Å². The molecule has 0 unspecified atom stereocenters. The molecule has 0 atom stereocenters. The van der Waals surface area contributed by atoms with Gasteiger partial charge in [-0.3, -0.25) is 0 Å². The number of amides is 1. The van der Waals surface area contributed by atoms with E-state index in [4.69, 9.17) is 10.5 Å². The second-order valence-electron chi connectivity index (χ2n) is 6.91. The number of rotatable bonds is 2. The number of hydrogen-bond acceptors (Lipinski definition) is 4. The fourth-order valence-corrected chi connectivity index (χ4v) is 2.37. The smallest absolute Gasteiger partial charge is 0.410 e. The van der Waals surface area contributed by atoms with E-state index in [9.17, 15) is 14.3 Å². The van der Waals surface area contributed by atoms with Crippen LogP contribution in [0.5, 0.6) is 5.75 Å². The van der Waals surface area contributed by atoms with E-state index >= 15 is 0 Å². The van der Waals surface area contributed by atoms with E-state index in [1.807, 2.05) is 25.7 Å². The van der Waals surface area contributed by atoms with Crippen LogP contribution in [0, 0.1) is 5.82 Å². The third-order valence-electron chi connectivity index (χ3n) is 3.69. The fourth-order valence-electron chi connectivity index (χ4n) is 2.37. The van der Waals surface area contributed by atoms with Crippen molar-refractivity contribution in [2.75, 3.05) is 26.2 Å². The number of aromatic hydroxyl groups is 1. The highest BCUT2D eigenvalue weighted by atomic mass is 127. The number of ether oxygens (including phenoxy) is 1. The van der Waals surface area contributed by atoms with Gasteiger partial charge in [0.25, 0.3) is 0 Å². The number of phenols is 1. The molecule has 1 aliphatic heterocycles. The standard InChI is InChI=1S/C17H25FN4O3.HI/c1-17(2,3)25-16(24)22-8-6-21(7-9-22)15(19)20-11-12-4-5-14(23)13(18)10-12;/h4-5,10,23H,6-9,11H2,1-3H3,(H2,19,20);1H. The van der Waals surface area contributed by atoms with Crippen molar-refractivity contribution in [1.82, 2.24) is 9.80 Å². The molecule has 26 heavy (non-hydrogen) atoms. The molecule has 146 valence electrons. The Bertz CT molecular complexity index is 656. The molecule has 1 fully saturated rings. The lowest BCUT2D eigenvalue weighted by Gasteiger charge is -2.36. The minimum Gasteiger partial charge on any atom is -0.505 e. The average Bonchev–Trinajstić information content (AvgIpc) is 2.54. The SMILES string of the molecule is CC(C)(C)OC(=O)N1CCN(C(N)=NCc2ccc(O)c(F)c2)CC1.I. The Labute approximate surface area is 170 Å². The summed E-state index contributed by atoms with van der Waals surface area (Å²) in [6.45, 7) is 7.82. The van der Waals surface area contributed by atoms with Gasteiger partial charge in [-0.15, -0.1) is 24.0 Å². The first-order valence-corrected chi connectivity index (χ1v) is 8.16. The lowest BCUT2D eigenvalue weighted by molar-refractivity contribution is 0.0186. The zero-order valence-electron chi connectivity index (χ0n) is 15.2.